The van der Waals surface area contributed by atoms with Crippen molar-refractivity contribution in [1.82, 2.24) is 4.98 Å². The summed E-state index contributed by atoms with van der Waals surface area (Å²) in [5, 5.41) is 0. The molecule has 1 unspecified atom stereocenters. The number of ether oxygens (including phenoxy) is 1. The molecule has 1 amide bonds. The molecule has 2 heterocycles. The molecule has 1 saturated heterocycles. The second-order valence-electron chi connectivity index (χ2n) is 3.82. The summed E-state index contributed by atoms with van der Waals surface area (Å²) in [6.45, 7) is 4.65. The summed E-state index contributed by atoms with van der Waals surface area (Å²) >= 11 is 0. The van der Waals surface area contributed by atoms with Crippen molar-refractivity contribution in [2.45, 2.75) is 20.0 Å². The molecule has 1 aromatic heterocycles. The molecular weight excluding hydrogens is 192 g/mol. The van der Waals surface area contributed by atoms with Gasteiger partial charge in [-0.15, -0.1) is 0 Å². The first-order valence-electron chi connectivity index (χ1n) is 5.01. The number of nitrogens with zero attached hydrogens (tertiary/aromatic N) is 2. The van der Waals surface area contributed by atoms with Crippen molar-refractivity contribution in [3.05, 3.63) is 23.9 Å². The van der Waals surface area contributed by atoms with Gasteiger partial charge in [-0.2, -0.15) is 0 Å². The molecule has 1 aliphatic rings. The van der Waals surface area contributed by atoms with E-state index in [1.807, 2.05) is 26.0 Å². The molecule has 0 spiro atoms. The average Bonchev–Trinajstić information content (AvgIpc) is 2.23. The van der Waals surface area contributed by atoms with Gasteiger partial charge in [-0.05, 0) is 25.5 Å². The van der Waals surface area contributed by atoms with Gasteiger partial charge in [0.1, 0.15) is 12.4 Å². The van der Waals surface area contributed by atoms with Crippen LogP contribution < -0.4 is 4.90 Å². The first-order valence-corrected chi connectivity index (χ1v) is 5.01. The zero-order chi connectivity index (χ0) is 10.8. The molecule has 0 radical (unpaired) electrons. The highest BCUT2D eigenvalue weighted by molar-refractivity contribution is 5.94. The summed E-state index contributed by atoms with van der Waals surface area (Å²) in [7, 11) is 0. The van der Waals surface area contributed by atoms with Crippen LogP contribution in [0.25, 0.3) is 0 Å². The summed E-state index contributed by atoms with van der Waals surface area (Å²) in [4.78, 5) is 17.5. The SMILES string of the molecule is Cc1ccc(N2CC(C)OCC2=O)nc1. The van der Waals surface area contributed by atoms with Crippen LogP contribution in [-0.4, -0.2) is 30.1 Å². The standard InChI is InChI=1S/C11H14N2O2/c1-8-3-4-10(12-5-8)13-6-9(2)15-7-11(13)14/h3-5,9H,6-7H2,1-2H3. The number of hydrogen-bond acceptors (Lipinski definition) is 3. The number of pyridine rings is 1. The molecular formula is C11H14N2O2. The minimum atomic E-state index is -0.0237. The Balaban J connectivity index is 2.21. The van der Waals surface area contributed by atoms with Crippen molar-refractivity contribution in [2.75, 3.05) is 18.1 Å². The van der Waals surface area contributed by atoms with E-state index in [0.29, 0.717) is 12.4 Å². The van der Waals surface area contributed by atoms with Crippen molar-refractivity contribution in [3.8, 4) is 0 Å². The second-order valence-corrected chi connectivity index (χ2v) is 3.82. The number of amides is 1. The topological polar surface area (TPSA) is 42.4 Å². The van der Waals surface area contributed by atoms with Crippen LogP contribution in [0.1, 0.15) is 12.5 Å². The molecule has 4 nitrogen and oxygen atoms in total. The largest absolute Gasteiger partial charge is 0.367 e. The van der Waals surface area contributed by atoms with E-state index in [9.17, 15) is 4.79 Å². The van der Waals surface area contributed by atoms with Gasteiger partial charge in [-0.1, -0.05) is 6.07 Å². The molecule has 0 bridgehead atoms. The van der Waals surface area contributed by atoms with Gasteiger partial charge in [0, 0.05) is 6.20 Å². The lowest BCUT2D eigenvalue weighted by molar-refractivity contribution is -0.128. The van der Waals surface area contributed by atoms with Crippen LogP contribution in [-0.2, 0) is 9.53 Å². The number of anilines is 1. The van der Waals surface area contributed by atoms with Gasteiger partial charge in [0.2, 0.25) is 0 Å². The van der Waals surface area contributed by atoms with Crippen molar-refractivity contribution < 1.29 is 9.53 Å². The van der Waals surface area contributed by atoms with Crippen LogP contribution in [0, 0.1) is 6.92 Å². The van der Waals surface area contributed by atoms with Gasteiger partial charge in [0.15, 0.2) is 0 Å². The van der Waals surface area contributed by atoms with E-state index in [-0.39, 0.29) is 18.6 Å². The van der Waals surface area contributed by atoms with E-state index in [1.165, 1.54) is 0 Å². The van der Waals surface area contributed by atoms with E-state index in [2.05, 4.69) is 4.98 Å². The normalized spacial score (nSPS) is 21.9. The Kier molecular flexibility index (Phi) is 2.68. The smallest absolute Gasteiger partial charge is 0.254 e. The van der Waals surface area contributed by atoms with Gasteiger partial charge < -0.3 is 4.74 Å². The summed E-state index contributed by atoms with van der Waals surface area (Å²) in [5.41, 5.74) is 1.09. The molecule has 1 fully saturated rings. The predicted molar refractivity (Wildman–Crippen MR) is 56.7 cm³/mol. The highest BCUT2D eigenvalue weighted by Gasteiger charge is 2.25. The van der Waals surface area contributed by atoms with Crippen molar-refractivity contribution in [3.63, 3.8) is 0 Å². The minimum absolute atomic E-state index is 0.0237. The molecule has 15 heavy (non-hydrogen) atoms. The van der Waals surface area contributed by atoms with Gasteiger partial charge in [0.25, 0.3) is 5.91 Å². The summed E-state index contributed by atoms with van der Waals surface area (Å²) in [5.74, 6) is 0.685. The van der Waals surface area contributed by atoms with Crippen molar-refractivity contribution >= 4 is 11.7 Å². The Morgan fingerprint density at radius 3 is 3.00 bits per heavy atom. The maximum absolute atomic E-state index is 11.6. The van der Waals surface area contributed by atoms with Crippen molar-refractivity contribution in [1.29, 1.82) is 0 Å². The Bertz CT molecular complexity index is 361. The maximum atomic E-state index is 11.6. The van der Waals surface area contributed by atoms with E-state index in [1.54, 1.807) is 11.1 Å². The van der Waals surface area contributed by atoms with Crippen LogP contribution in [0.4, 0.5) is 5.82 Å². The van der Waals surface area contributed by atoms with Gasteiger partial charge >= 0.3 is 0 Å². The summed E-state index contributed by atoms with van der Waals surface area (Å²) in [6, 6.07) is 3.82. The van der Waals surface area contributed by atoms with Crippen LogP contribution in [0.15, 0.2) is 18.3 Å². The summed E-state index contributed by atoms with van der Waals surface area (Å²) in [6.07, 6.45) is 1.84. The number of aromatic nitrogens is 1. The van der Waals surface area contributed by atoms with E-state index in [4.69, 9.17) is 4.74 Å². The molecule has 0 aliphatic carbocycles. The third kappa shape index (κ3) is 2.15. The average molecular weight is 206 g/mol. The third-order valence-electron chi connectivity index (χ3n) is 2.40. The fraction of sp³-hybridized carbons (Fsp3) is 0.455. The fourth-order valence-corrected chi connectivity index (χ4v) is 1.54. The first kappa shape index (κ1) is 10.1. The lowest BCUT2D eigenvalue weighted by atomic mass is 10.2. The maximum Gasteiger partial charge on any atom is 0.254 e. The van der Waals surface area contributed by atoms with Crippen molar-refractivity contribution in [2.24, 2.45) is 0 Å². The van der Waals surface area contributed by atoms with Crippen LogP contribution in [0.2, 0.25) is 0 Å². The van der Waals surface area contributed by atoms with E-state index in [0.717, 1.165) is 5.56 Å². The van der Waals surface area contributed by atoms with Crippen LogP contribution >= 0.6 is 0 Å². The monoisotopic (exact) mass is 206 g/mol. The Morgan fingerprint density at radius 2 is 2.33 bits per heavy atom. The van der Waals surface area contributed by atoms with Crippen LogP contribution in [0.5, 0.6) is 0 Å². The molecule has 1 aliphatic heterocycles. The predicted octanol–water partition coefficient (Wildman–Crippen LogP) is 1.14. The summed E-state index contributed by atoms with van der Waals surface area (Å²) < 4.78 is 5.25. The Labute approximate surface area is 88.9 Å². The quantitative estimate of drug-likeness (QED) is 0.692. The molecule has 0 N–H and O–H groups in total. The highest BCUT2D eigenvalue weighted by atomic mass is 16.5. The number of carbonyl (C=O) groups is 1. The molecule has 4 heteroatoms. The first-order chi connectivity index (χ1) is 7.16. The van der Waals surface area contributed by atoms with Gasteiger partial charge in [0.05, 0.1) is 12.6 Å². The minimum Gasteiger partial charge on any atom is -0.367 e. The second kappa shape index (κ2) is 3.98. The number of hydrogen-bond donors (Lipinski definition) is 0. The molecule has 0 aromatic carbocycles. The van der Waals surface area contributed by atoms with Gasteiger partial charge in [-0.25, -0.2) is 4.98 Å². The lowest BCUT2D eigenvalue weighted by Crippen LogP contribution is -2.46. The van der Waals surface area contributed by atoms with Crippen LogP contribution in [0.3, 0.4) is 0 Å². The lowest BCUT2D eigenvalue weighted by Gasteiger charge is -2.30. The van der Waals surface area contributed by atoms with E-state index >= 15 is 0 Å². The number of aryl methyl sites for hydroxylation is 1. The zero-order valence-corrected chi connectivity index (χ0v) is 8.93. The molecule has 80 valence electrons. The third-order valence-corrected chi connectivity index (χ3v) is 2.40. The molecule has 1 aromatic rings. The highest BCUT2D eigenvalue weighted by Crippen LogP contribution is 2.15. The number of carbonyl (C=O) groups excluding carboxylic acids is 1. The Morgan fingerprint density at radius 1 is 1.53 bits per heavy atom. The fourth-order valence-electron chi connectivity index (χ4n) is 1.54. The molecule has 0 saturated carbocycles. The zero-order valence-electron chi connectivity index (χ0n) is 8.93. The number of rotatable bonds is 1. The van der Waals surface area contributed by atoms with Gasteiger partial charge in [-0.3, -0.25) is 9.69 Å². The molecule has 1 atom stereocenters. The number of morpholine rings is 1. The van der Waals surface area contributed by atoms with E-state index < -0.39 is 0 Å². The Hall–Kier alpha value is -1.42. The molecule has 2 rings (SSSR count).